The second-order valence-corrected chi connectivity index (χ2v) is 4.69. The van der Waals surface area contributed by atoms with Gasteiger partial charge in [-0.25, -0.2) is 5.84 Å². The molecule has 0 saturated carbocycles. The van der Waals surface area contributed by atoms with Crippen LogP contribution in [0.15, 0.2) is 35.3 Å². The van der Waals surface area contributed by atoms with Crippen LogP contribution in [0.25, 0.3) is 0 Å². The molecule has 2 unspecified atom stereocenters. The topological polar surface area (TPSA) is 50.4 Å². The van der Waals surface area contributed by atoms with Gasteiger partial charge in [-0.1, -0.05) is 57.5 Å². The number of hydrogen-bond donors (Lipinski definition) is 2. The van der Waals surface area contributed by atoms with Gasteiger partial charge < -0.3 is 5.43 Å². The van der Waals surface area contributed by atoms with Crippen molar-refractivity contribution in [3.63, 3.8) is 0 Å². The van der Waals surface area contributed by atoms with Gasteiger partial charge in [-0.05, 0) is 17.9 Å². The molecule has 3 N–H and O–H groups in total. The van der Waals surface area contributed by atoms with E-state index in [0.717, 1.165) is 25.2 Å². The highest BCUT2D eigenvalue weighted by molar-refractivity contribution is 5.88. The highest BCUT2D eigenvalue weighted by Crippen LogP contribution is 2.27. The summed E-state index contributed by atoms with van der Waals surface area (Å²) in [6.45, 7) is 7.39. The van der Waals surface area contributed by atoms with Crippen LogP contribution in [0.4, 0.5) is 0 Å². The Kier molecular flexibility index (Phi) is 6.44. The first-order valence-corrected chi connectivity index (χ1v) is 6.80. The second kappa shape index (κ2) is 7.88. The summed E-state index contributed by atoms with van der Waals surface area (Å²) in [5, 5.41) is 0. The molecule has 1 aromatic rings. The van der Waals surface area contributed by atoms with Crippen LogP contribution < -0.4 is 11.3 Å². The van der Waals surface area contributed by atoms with E-state index in [1.165, 1.54) is 5.56 Å². The Hall–Kier alpha value is -1.35. The molecule has 0 fully saturated rings. The Morgan fingerprint density at radius 3 is 2.44 bits per heavy atom. The molecular weight excluding hydrogens is 222 g/mol. The van der Waals surface area contributed by atoms with Gasteiger partial charge in [0.2, 0.25) is 0 Å². The summed E-state index contributed by atoms with van der Waals surface area (Å²) in [6.07, 6.45) is 2.14. The molecule has 0 aromatic heterocycles. The molecule has 0 radical (unpaired) electrons. The molecule has 0 heterocycles. The molecule has 0 aliphatic carbocycles. The summed E-state index contributed by atoms with van der Waals surface area (Å²) in [5.74, 6) is 7.33. The summed E-state index contributed by atoms with van der Waals surface area (Å²) in [7, 11) is 0. The number of nitrogens with one attached hydrogen (secondary N) is 1. The Balaban J connectivity index is 3.04. The number of nitrogens with zero attached hydrogens (tertiary/aromatic N) is 1. The molecule has 0 aliphatic heterocycles. The molecule has 18 heavy (non-hydrogen) atoms. The standard InChI is InChI=1S/C15H25N3/c1-4-11-17-15(18-16)14(12(3)5-2)13-9-7-6-8-10-13/h6-10,12,14H,4-5,11,16H2,1-3H3,(H,17,18). The summed E-state index contributed by atoms with van der Waals surface area (Å²) >= 11 is 0. The lowest BCUT2D eigenvalue weighted by molar-refractivity contribution is 0.516. The largest absolute Gasteiger partial charge is 0.312 e. The molecule has 1 rings (SSSR count). The maximum atomic E-state index is 5.66. The van der Waals surface area contributed by atoms with Crippen molar-refractivity contribution in [2.24, 2.45) is 16.8 Å². The Labute approximate surface area is 110 Å². The van der Waals surface area contributed by atoms with Crippen LogP contribution in [-0.2, 0) is 0 Å². The molecule has 100 valence electrons. The number of aliphatic imine (C=N–C) groups is 1. The van der Waals surface area contributed by atoms with E-state index in [1.807, 2.05) is 6.07 Å². The van der Waals surface area contributed by atoms with E-state index < -0.39 is 0 Å². The summed E-state index contributed by atoms with van der Waals surface area (Å²) in [6, 6.07) is 10.5. The van der Waals surface area contributed by atoms with Crippen LogP contribution in [-0.4, -0.2) is 12.4 Å². The minimum Gasteiger partial charge on any atom is -0.312 e. The van der Waals surface area contributed by atoms with Crippen LogP contribution in [0.2, 0.25) is 0 Å². The minimum atomic E-state index is 0.257. The van der Waals surface area contributed by atoms with Crippen LogP contribution in [0.1, 0.15) is 45.1 Å². The fraction of sp³-hybridized carbons (Fsp3) is 0.533. The number of hydrazine groups is 1. The predicted octanol–water partition coefficient (Wildman–Crippen LogP) is 3.09. The molecule has 0 amide bonds. The molecule has 0 aliphatic rings. The molecule has 0 bridgehead atoms. The predicted molar refractivity (Wildman–Crippen MR) is 78.6 cm³/mol. The van der Waals surface area contributed by atoms with Crippen molar-refractivity contribution < 1.29 is 0 Å². The van der Waals surface area contributed by atoms with Crippen molar-refractivity contribution in [3.05, 3.63) is 35.9 Å². The van der Waals surface area contributed by atoms with Crippen LogP contribution >= 0.6 is 0 Å². The summed E-state index contributed by atoms with van der Waals surface area (Å²) in [5.41, 5.74) is 4.08. The fourth-order valence-electron chi connectivity index (χ4n) is 2.12. The zero-order valence-electron chi connectivity index (χ0n) is 11.7. The van der Waals surface area contributed by atoms with Crippen molar-refractivity contribution in [1.29, 1.82) is 0 Å². The van der Waals surface area contributed by atoms with Gasteiger partial charge in [0.1, 0.15) is 5.84 Å². The average molecular weight is 247 g/mol. The smallest absolute Gasteiger partial charge is 0.118 e. The zero-order chi connectivity index (χ0) is 13.4. The molecule has 0 spiro atoms. The van der Waals surface area contributed by atoms with Gasteiger partial charge in [0.25, 0.3) is 0 Å². The van der Waals surface area contributed by atoms with E-state index in [-0.39, 0.29) is 5.92 Å². The third-order valence-electron chi connectivity index (χ3n) is 3.32. The van der Waals surface area contributed by atoms with Crippen LogP contribution in [0, 0.1) is 5.92 Å². The summed E-state index contributed by atoms with van der Waals surface area (Å²) < 4.78 is 0. The van der Waals surface area contributed by atoms with Gasteiger partial charge in [0.15, 0.2) is 0 Å². The van der Waals surface area contributed by atoms with Crippen molar-refractivity contribution in [2.45, 2.75) is 39.5 Å². The third kappa shape index (κ3) is 3.84. The highest BCUT2D eigenvalue weighted by atomic mass is 15.3. The van der Waals surface area contributed by atoms with Crippen molar-refractivity contribution in [3.8, 4) is 0 Å². The minimum absolute atomic E-state index is 0.257. The lowest BCUT2D eigenvalue weighted by Gasteiger charge is -2.25. The van der Waals surface area contributed by atoms with E-state index in [0.29, 0.717) is 5.92 Å². The first-order chi connectivity index (χ1) is 8.74. The van der Waals surface area contributed by atoms with Crippen molar-refractivity contribution >= 4 is 5.84 Å². The molecule has 0 saturated heterocycles. The fourth-order valence-corrected chi connectivity index (χ4v) is 2.12. The van der Waals surface area contributed by atoms with E-state index in [1.54, 1.807) is 0 Å². The van der Waals surface area contributed by atoms with E-state index >= 15 is 0 Å². The van der Waals surface area contributed by atoms with Gasteiger partial charge in [0, 0.05) is 12.5 Å². The number of hydrogen-bond acceptors (Lipinski definition) is 2. The van der Waals surface area contributed by atoms with Gasteiger partial charge >= 0.3 is 0 Å². The van der Waals surface area contributed by atoms with E-state index in [4.69, 9.17) is 5.84 Å². The Bertz CT molecular complexity index is 359. The van der Waals surface area contributed by atoms with Crippen molar-refractivity contribution in [1.82, 2.24) is 5.43 Å². The van der Waals surface area contributed by atoms with E-state index in [9.17, 15) is 0 Å². The molecule has 3 heteroatoms. The Morgan fingerprint density at radius 1 is 1.28 bits per heavy atom. The van der Waals surface area contributed by atoms with Crippen LogP contribution in [0.3, 0.4) is 0 Å². The number of nitrogens with two attached hydrogens (primary N) is 1. The number of rotatable bonds is 6. The van der Waals surface area contributed by atoms with Gasteiger partial charge in [-0.15, -0.1) is 0 Å². The third-order valence-corrected chi connectivity index (χ3v) is 3.32. The van der Waals surface area contributed by atoms with Gasteiger partial charge in [-0.2, -0.15) is 0 Å². The summed E-state index contributed by atoms with van der Waals surface area (Å²) in [4.78, 5) is 4.59. The molecule has 3 nitrogen and oxygen atoms in total. The maximum Gasteiger partial charge on any atom is 0.118 e. The van der Waals surface area contributed by atoms with E-state index in [2.05, 4.69) is 55.5 Å². The van der Waals surface area contributed by atoms with Gasteiger partial charge in [-0.3, -0.25) is 4.99 Å². The lowest BCUT2D eigenvalue weighted by atomic mass is 9.84. The maximum absolute atomic E-state index is 5.66. The number of benzene rings is 1. The zero-order valence-corrected chi connectivity index (χ0v) is 11.7. The van der Waals surface area contributed by atoms with Crippen LogP contribution in [0.5, 0.6) is 0 Å². The van der Waals surface area contributed by atoms with Crippen molar-refractivity contribution in [2.75, 3.05) is 6.54 Å². The van der Waals surface area contributed by atoms with Gasteiger partial charge in [0.05, 0.1) is 0 Å². The average Bonchev–Trinajstić information content (AvgIpc) is 2.43. The highest BCUT2D eigenvalue weighted by Gasteiger charge is 2.23. The normalized spacial score (nSPS) is 15.2. The second-order valence-electron chi connectivity index (χ2n) is 4.69. The first-order valence-electron chi connectivity index (χ1n) is 6.80. The SMILES string of the molecule is CCCN=C(NN)C(c1ccccc1)C(C)CC. The monoisotopic (exact) mass is 247 g/mol. The first kappa shape index (κ1) is 14.7. The molecule has 2 atom stereocenters. The quantitative estimate of drug-likeness (QED) is 0.351. The molecular formula is C15H25N3. The Morgan fingerprint density at radius 2 is 1.94 bits per heavy atom. The molecule has 1 aromatic carbocycles. The lowest BCUT2D eigenvalue weighted by Crippen LogP contribution is -2.37. The number of amidine groups is 1.